The van der Waals surface area contributed by atoms with Crippen molar-refractivity contribution in [2.75, 3.05) is 13.9 Å². The van der Waals surface area contributed by atoms with E-state index in [2.05, 4.69) is 5.48 Å². The van der Waals surface area contributed by atoms with Crippen LogP contribution in [0, 0.1) is 6.92 Å². The fourth-order valence-electron chi connectivity index (χ4n) is 1.57. The lowest BCUT2D eigenvalue weighted by Gasteiger charge is -2.10. The summed E-state index contributed by atoms with van der Waals surface area (Å²) < 4.78 is 10.6. The molecule has 1 heterocycles. The lowest BCUT2D eigenvalue weighted by molar-refractivity contribution is 0.0865. The molecule has 4 nitrogen and oxygen atoms in total. The summed E-state index contributed by atoms with van der Waals surface area (Å²) in [6.45, 7) is 2.75. The molecular formula is C10H12ClNO3. The van der Waals surface area contributed by atoms with Gasteiger partial charge < -0.3 is 14.3 Å². The number of benzene rings is 1. The average Bonchev–Trinajstić information content (AvgIpc) is 2.65. The van der Waals surface area contributed by atoms with Crippen LogP contribution in [-0.2, 0) is 11.4 Å². The van der Waals surface area contributed by atoms with Gasteiger partial charge in [0, 0.05) is 23.2 Å². The molecule has 0 unspecified atom stereocenters. The van der Waals surface area contributed by atoms with Crippen molar-refractivity contribution in [3.8, 4) is 11.5 Å². The highest BCUT2D eigenvalue weighted by Crippen LogP contribution is 2.40. The number of hydrogen-bond donors (Lipinski definition) is 1. The maximum absolute atomic E-state index is 6.12. The van der Waals surface area contributed by atoms with Gasteiger partial charge in [0.1, 0.15) is 0 Å². The zero-order valence-corrected chi connectivity index (χ0v) is 9.35. The zero-order valence-electron chi connectivity index (χ0n) is 8.59. The van der Waals surface area contributed by atoms with Gasteiger partial charge in [0.05, 0.1) is 7.11 Å². The molecule has 1 aliphatic rings. The Bertz CT molecular complexity index is 381. The van der Waals surface area contributed by atoms with Crippen molar-refractivity contribution in [3.05, 3.63) is 22.2 Å². The fourth-order valence-corrected chi connectivity index (χ4v) is 1.88. The molecule has 1 aromatic rings. The number of hydrogen-bond acceptors (Lipinski definition) is 4. The minimum atomic E-state index is 0.258. The van der Waals surface area contributed by atoms with E-state index < -0.39 is 0 Å². The van der Waals surface area contributed by atoms with Crippen LogP contribution in [0.4, 0.5) is 0 Å². The summed E-state index contributed by atoms with van der Waals surface area (Å²) in [5.74, 6) is 1.48. The Hall–Kier alpha value is -0.970. The second kappa shape index (κ2) is 4.26. The van der Waals surface area contributed by atoms with Crippen LogP contribution in [0.5, 0.6) is 11.5 Å². The van der Waals surface area contributed by atoms with E-state index in [4.69, 9.17) is 25.9 Å². The summed E-state index contributed by atoms with van der Waals surface area (Å²) in [6, 6.07) is 1.77. The number of ether oxygens (including phenoxy) is 2. The summed E-state index contributed by atoms with van der Waals surface area (Å²) in [5.41, 5.74) is 4.70. The Kier molecular flexibility index (Phi) is 3.00. The van der Waals surface area contributed by atoms with Gasteiger partial charge in [0.15, 0.2) is 11.5 Å². The van der Waals surface area contributed by atoms with Crippen molar-refractivity contribution < 1.29 is 14.3 Å². The molecule has 0 atom stereocenters. The highest BCUT2D eigenvalue weighted by atomic mass is 35.5. The summed E-state index contributed by atoms with van der Waals surface area (Å²) in [5, 5.41) is 0.654. The minimum Gasteiger partial charge on any atom is -0.454 e. The Morgan fingerprint density at radius 1 is 1.53 bits per heavy atom. The van der Waals surface area contributed by atoms with Crippen molar-refractivity contribution in [1.82, 2.24) is 5.48 Å². The van der Waals surface area contributed by atoms with Gasteiger partial charge >= 0.3 is 0 Å². The number of hydroxylamine groups is 1. The van der Waals surface area contributed by atoms with E-state index in [-0.39, 0.29) is 6.79 Å². The normalized spacial score (nSPS) is 13.3. The van der Waals surface area contributed by atoms with Crippen molar-refractivity contribution in [2.24, 2.45) is 0 Å². The smallest absolute Gasteiger partial charge is 0.231 e. The first-order valence-electron chi connectivity index (χ1n) is 4.57. The molecule has 15 heavy (non-hydrogen) atoms. The van der Waals surface area contributed by atoms with E-state index in [1.54, 1.807) is 13.2 Å². The van der Waals surface area contributed by atoms with Gasteiger partial charge in [-0.2, -0.15) is 5.48 Å². The molecule has 1 N–H and O–H groups in total. The lowest BCUT2D eigenvalue weighted by Crippen LogP contribution is -2.12. The highest BCUT2D eigenvalue weighted by molar-refractivity contribution is 6.31. The Morgan fingerprint density at radius 3 is 3.07 bits per heavy atom. The van der Waals surface area contributed by atoms with Gasteiger partial charge in [-0.05, 0) is 12.5 Å². The zero-order chi connectivity index (χ0) is 10.8. The molecular weight excluding hydrogens is 218 g/mol. The molecule has 0 saturated carbocycles. The molecule has 0 radical (unpaired) electrons. The Balaban J connectivity index is 2.37. The van der Waals surface area contributed by atoms with Gasteiger partial charge in [-0.3, -0.25) is 0 Å². The van der Waals surface area contributed by atoms with Crippen molar-refractivity contribution in [1.29, 1.82) is 0 Å². The molecule has 0 fully saturated rings. The fraction of sp³-hybridized carbons (Fsp3) is 0.400. The molecule has 82 valence electrons. The molecule has 0 aliphatic carbocycles. The van der Waals surface area contributed by atoms with E-state index in [1.807, 2.05) is 6.92 Å². The monoisotopic (exact) mass is 229 g/mol. The van der Waals surface area contributed by atoms with Gasteiger partial charge in [0.2, 0.25) is 6.79 Å². The first-order valence-corrected chi connectivity index (χ1v) is 4.95. The predicted molar refractivity (Wildman–Crippen MR) is 56.2 cm³/mol. The maximum atomic E-state index is 6.12. The minimum absolute atomic E-state index is 0.258. The van der Waals surface area contributed by atoms with Crippen LogP contribution >= 0.6 is 11.6 Å². The third-order valence-electron chi connectivity index (χ3n) is 2.37. The van der Waals surface area contributed by atoms with E-state index in [0.29, 0.717) is 17.3 Å². The molecule has 5 heteroatoms. The van der Waals surface area contributed by atoms with Gasteiger partial charge in [-0.1, -0.05) is 11.6 Å². The number of fused-ring (bicyclic) bond motifs is 1. The summed E-state index contributed by atoms with van der Waals surface area (Å²) >= 11 is 6.12. The van der Waals surface area contributed by atoms with E-state index in [0.717, 1.165) is 16.9 Å². The number of rotatable bonds is 3. The second-order valence-corrected chi connectivity index (χ2v) is 3.63. The standard InChI is InChI=1S/C10H12ClNO3/c1-6-7(4-12-13-2)8(11)3-9-10(6)15-5-14-9/h3,12H,4-5H2,1-2H3. The molecule has 2 rings (SSSR count). The maximum Gasteiger partial charge on any atom is 0.231 e. The van der Waals surface area contributed by atoms with Crippen LogP contribution in [0.1, 0.15) is 11.1 Å². The van der Waals surface area contributed by atoms with Crippen LogP contribution in [0.25, 0.3) is 0 Å². The number of nitrogens with one attached hydrogen (secondary N) is 1. The third-order valence-corrected chi connectivity index (χ3v) is 2.71. The van der Waals surface area contributed by atoms with Crippen LogP contribution < -0.4 is 15.0 Å². The molecule has 1 aromatic carbocycles. The topological polar surface area (TPSA) is 39.7 Å². The summed E-state index contributed by atoms with van der Waals surface area (Å²) in [7, 11) is 1.57. The van der Waals surface area contributed by atoms with Crippen molar-refractivity contribution in [3.63, 3.8) is 0 Å². The van der Waals surface area contributed by atoms with Gasteiger partial charge in [-0.25, -0.2) is 0 Å². The van der Waals surface area contributed by atoms with Crippen LogP contribution in [0.15, 0.2) is 6.07 Å². The van der Waals surface area contributed by atoms with Crippen molar-refractivity contribution in [2.45, 2.75) is 13.5 Å². The first-order chi connectivity index (χ1) is 7.24. The second-order valence-electron chi connectivity index (χ2n) is 3.22. The van der Waals surface area contributed by atoms with Crippen LogP contribution in [-0.4, -0.2) is 13.9 Å². The quantitative estimate of drug-likeness (QED) is 0.806. The van der Waals surface area contributed by atoms with E-state index in [1.165, 1.54) is 0 Å². The molecule has 0 aromatic heterocycles. The first kappa shape index (κ1) is 10.5. The average molecular weight is 230 g/mol. The van der Waals surface area contributed by atoms with Gasteiger partial charge in [0.25, 0.3) is 0 Å². The molecule has 0 saturated heterocycles. The summed E-state index contributed by atoms with van der Waals surface area (Å²) in [6.07, 6.45) is 0. The molecule has 0 amide bonds. The lowest BCUT2D eigenvalue weighted by atomic mass is 10.1. The molecule has 1 aliphatic heterocycles. The van der Waals surface area contributed by atoms with E-state index in [9.17, 15) is 0 Å². The predicted octanol–water partition coefficient (Wildman–Crippen LogP) is 2.03. The van der Waals surface area contributed by atoms with Crippen molar-refractivity contribution >= 4 is 11.6 Å². The molecule has 0 bridgehead atoms. The van der Waals surface area contributed by atoms with Crippen LogP contribution in [0.2, 0.25) is 5.02 Å². The Morgan fingerprint density at radius 2 is 2.33 bits per heavy atom. The SMILES string of the molecule is CONCc1c(Cl)cc2c(c1C)OCO2. The van der Waals surface area contributed by atoms with Crippen LogP contribution in [0.3, 0.4) is 0 Å². The number of halogens is 1. The highest BCUT2D eigenvalue weighted by Gasteiger charge is 2.20. The van der Waals surface area contributed by atoms with E-state index >= 15 is 0 Å². The van der Waals surface area contributed by atoms with Gasteiger partial charge in [-0.15, -0.1) is 0 Å². The largest absolute Gasteiger partial charge is 0.454 e. The summed E-state index contributed by atoms with van der Waals surface area (Å²) in [4.78, 5) is 4.79. The third kappa shape index (κ3) is 1.88. The Labute approximate surface area is 93.0 Å². The molecule has 0 spiro atoms.